The van der Waals surface area contributed by atoms with E-state index in [2.05, 4.69) is 15.3 Å². The van der Waals surface area contributed by atoms with E-state index in [0.717, 1.165) is 0 Å². The Hall–Kier alpha value is -1.76. The van der Waals surface area contributed by atoms with Gasteiger partial charge in [0.1, 0.15) is 12.3 Å². The van der Waals surface area contributed by atoms with Gasteiger partial charge in [0, 0.05) is 7.05 Å². The Morgan fingerprint density at radius 2 is 2.14 bits per heavy atom. The average molecular weight is 199 g/mol. The molecule has 6 N–H and O–H groups in total. The number of ether oxygens (including phenoxy) is 1. The zero-order valence-corrected chi connectivity index (χ0v) is 7.82. The minimum Gasteiger partial charge on any atom is -0.474 e. The van der Waals surface area contributed by atoms with E-state index < -0.39 is 0 Å². The topological polar surface area (TPSA) is 119 Å². The summed E-state index contributed by atoms with van der Waals surface area (Å²) in [5, 5.41) is 11.3. The molecule has 1 heterocycles. The first-order chi connectivity index (χ1) is 6.69. The maximum Gasteiger partial charge on any atom is 0.244 e. The Bertz CT molecular complexity index is 317. The van der Waals surface area contributed by atoms with Crippen LogP contribution in [0.2, 0.25) is 0 Å². The lowest BCUT2D eigenvalue weighted by molar-refractivity contribution is 0.197. The van der Waals surface area contributed by atoms with Crippen LogP contribution in [0.5, 0.6) is 5.88 Å². The first-order valence-corrected chi connectivity index (χ1v) is 4.03. The van der Waals surface area contributed by atoms with Gasteiger partial charge in [-0.2, -0.15) is 9.97 Å². The summed E-state index contributed by atoms with van der Waals surface area (Å²) in [5.41, 5.74) is 11.3. The van der Waals surface area contributed by atoms with Gasteiger partial charge in [-0.3, -0.25) is 0 Å². The van der Waals surface area contributed by atoms with Gasteiger partial charge in [0.2, 0.25) is 11.8 Å². The van der Waals surface area contributed by atoms with Gasteiger partial charge in [-0.1, -0.05) is 0 Å². The highest BCUT2D eigenvalue weighted by atomic mass is 16.5. The molecule has 78 valence electrons. The van der Waals surface area contributed by atoms with E-state index in [9.17, 15) is 0 Å². The van der Waals surface area contributed by atoms with Crippen molar-refractivity contribution >= 4 is 17.5 Å². The molecule has 0 unspecified atom stereocenters. The van der Waals surface area contributed by atoms with E-state index in [1.165, 1.54) is 0 Å². The van der Waals surface area contributed by atoms with Crippen molar-refractivity contribution in [2.45, 2.75) is 0 Å². The van der Waals surface area contributed by atoms with Crippen molar-refractivity contribution in [2.24, 2.45) is 0 Å². The predicted molar refractivity (Wildman–Crippen MR) is 53.0 cm³/mol. The molecule has 7 nitrogen and oxygen atoms in total. The maximum atomic E-state index is 8.56. The molecule has 1 aromatic rings. The molecular formula is C7H13N5O2. The molecule has 0 aliphatic carbocycles. The smallest absolute Gasteiger partial charge is 0.244 e. The van der Waals surface area contributed by atoms with Gasteiger partial charge in [0.25, 0.3) is 0 Å². The third-order valence-corrected chi connectivity index (χ3v) is 1.49. The van der Waals surface area contributed by atoms with Crippen molar-refractivity contribution in [1.29, 1.82) is 0 Å². The van der Waals surface area contributed by atoms with Gasteiger partial charge in [0.05, 0.1) is 6.61 Å². The number of aliphatic hydroxyl groups is 1. The van der Waals surface area contributed by atoms with Gasteiger partial charge in [-0.25, -0.2) is 0 Å². The van der Waals surface area contributed by atoms with E-state index in [1.807, 2.05) is 0 Å². The molecule has 0 fully saturated rings. The molecule has 0 aromatic carbocycles. The van der Waals surface area contributed by atoms with Gasteiger partial charge >= 0.3 is 0 Å². The van der Waals surface area contributed by atoms with Crippen molar-refractivity contribution in [3.8, 4) is 5.88 Å². The lowest BCUT2D eigenvalue weighted by Crippen LogP contribution is -2.10. The zero-order valence-electron chi connectivity index (χ0n) is 7.82. The highest BCUT2D eigenvalue weighted by Crippen LogP contribution is 2.25. The first-order valence-electron chi connectivity index (χ1n) is 4.03. The van der Waals surface area contributed by atoms with E-state index in [-0.39, 0.29) is 30.7 Å². The molecular weight excluding hydrogens is 186 g/mol. The third-order valence-electron chi connectivity index (χ3n) is 1.49. The molecule has 14 heavy (non-hydrogen) atoms. The fourth-order valence-electron chi connectivity index (χ4n) is 0.908. The van der Waals surface area contributed by atoms with Crippen LogP contribution in [-0.2, 0) is 0 Å². The second kappa shape index (κ2) is 4.47. The monoisotopic (exact) mass is 199 g/mol. The number of nitrogen functional groups attached to an aromatic ring is 2. The van der Waals surface area contributed by atoms with Crippen LogP contribution in [0.25, 0.3) is 0 Å². The van der Waals surface area contributed by atoms with Crippen molar-refractivity contribution in [1.82, 2.24) is 9.97 Å². The highest BCUT2D eigenvalue weighted by Gasteiger charge is 2.09. The summed E-state index contributed by atoms with van der Waals surface area (Å²) in [6, 6.07) is 0. The Morgan fingerprint density at radius 3 is 2.71 bits per heavy atom. The molecule has 0 atom stereocenters. The van der Waals surface area contributed by atoms with Crippen LogP contribution in [0.3, 0.4) is 0 Å². The number of anilines is 3. The largest absolute Gasteiger partial charge is 0.474 e. The predicted octanol–water partition coefficient (Wildman–Crippen LogP) is -0.946. The van der Waals surface area contributed by atoms with E-state index >= 15 is 0 Å². The fourth-order valence-corrected chi connectivity index (χ4v) is 0.908. The molecule has 0 aliphatic heterocycles. The number of nitrogens with two attached hydrogens (primary N) is 2. The molecule has 1 aromatic heterocycles. The maximum absolute atomic E-state index is 8.56. The highest BCUT2D eigenvalue weighted by molar-refractivity contribution is 5.68. The molecule has 0 bridgehead atoms. The van der Waals surface area contributed by atoms with E-state index in [0.29, 0.717) is 5.82 Å². The van der Waals surface area contributed by atoms with Crippen molar-refractivity contribution in [3.05, 3.63) is 0 Å². The van der Waals surface area contributed by atoms with Gasteiger partial charge in [0.15, 0.2) is 5.82 Å². The van der Waals surface area contributed by atoms with Crippen molar-refractivity contribution < 1.29 is 9.84 Å². The van der Waals surface area contributed by atoms with Crippen LogP contribution in [0.4, 0.5) is 17.5 Å². The number of aromatic nitrogens is 2. The summed E-state index contributed by atoms with van der Waals surface area (Å²) in [5.74, 6) is 0.651. The van der Waals surface area contributed by atoms with Crippen LogP contribution in [0, 0.1) is 0 Å². The number of hydrogen-bond acceptors (Lipinski definition) is 7. The lowest BCUT2D eigenvalue weighted by Gasteiger charge is -2.10. The Labute approximate surface area is 81.1 Å². The molecule has 0 spiro atoms. The van der Waals surface area contributed by atoms with Crippen LogP contribution in [0.1, 0.15) is 0 Å². The fraction of sp³-hybridized carbons (Fsp3) is 0.429. The van der Waals surface area contributed by atoms with Gasteiger partial charge in [-0.15, -0.1) is 0 Å². The van der Waals surface area contributed by atoms with Crippen LogP contribution < -0.4 is 21.5 Å². The number of nitrogens with zero attached hydrogens (tertiary/aromatic N) is 2. The summed E-state index contributed by atoms with van der Waals surface area (Å²) in [6.45, 7) is 0.00203. The summed E-state index contributed by atoms with van der Waals surface area (Å²) in [4.78, 5) is 7.64. The number of aliphatic hydroxyl groups excluding tert-OH is 1. The lowest BCUT2D eigenvalue weighted by atomic mass is 10.4. The normalized spacial score (nSPS) is 9.86. The standard InChI is InChI=1S/C7H13N5O2/c1-10-5-4(8)6(14-3-2-13)12-7(9)11-5/h13H,2-3,8H2,1H3,(H3,9,10,11,12). The van der Waals surface area contributed by atoms with Crippen molar-refractivity contribution in [3.63, 3.8) is 0 Å². The SMILES string of the molecule is CNc1nc(N)nc(OCCO)c1N. The summed E-state index contributed by atoms with van der Waals surface area (Å²) < 4.78 is 5.06. The molecule has 0 saturated carbocycles. The number of rotatable bonds is 4. The summed E-state index contributed by atoms with van der Waals surface area (Å²) >= 11 is 0. The van der Waals surface area contributed by atoms with Crippen LogP contribution in [-0.4, -0.2) is 35.3 Å². The second-order valence-corrected chi connectivity index (χ2v) is 2.47. The van der Waals surface area contributed by atoms with Gasteiger partial charge < -0.3 is 26.6 Å². The Kier molecular flexibility index (Phi) is 3.29. The Balaban J connectivity index is 2.96. The first kappa shape index (κ1) is 10.3. The second-order valence-electron chi connectivity index (χ2n) is 2.47. The molecule has 0 radical (unpaired) electrons. The number of nitrogens with one attached hydrogen (secondary N) is 1. The summed E-state index contributed by atoms with van der Waals surface area (Å²) in [6.07, 6.45) is 0. The third kappa shape index (κ3) is 2.13. The summed E-state index contributed by atoms with van der Waals surface area (Å²) in [7, 11) is 1.66. The average Bonchev–Trinajstić information content (AvgIpc) is 2.18. The molecule has 0 aliphatic rings. The zero-order chi connectivity index (χ0) is 10.6. The minimum absolute atomic E-state index is 0.0662. The Morgan fingerprint density at radius 1 is 1.43 bits per heavy atom. The van der Waals surface area contributed by atoms with Gasteiger partial charge in [-0.05, 0) is 0 Å². The molecule has 0 amide bonds. The quantitative estimate of drug-likeness (QED) is 0.493. The van der Waals surface area contributed by atoms with Crippen LogP contribution in [0.15, 0.2) is 0 Å². The van der Waals surface area contributed by atoms with Crippen LogP contribution >= 0.6 is 0 Å². The van der Waals surface area contributed by atoms with Crippen molar-refractivity contribution in [2.75, 3.05) is 37.0 Å². The molecule has 7 heteroatoms. The van der Waals surface area contributed by atoms with E-state index in [1.54, 1.807) is 7.05 Å². The molecule has 0 saturated heterocycles. The number of hydrogen-bond donors (Lipinski definition) is 4. The minimum atomic E-state index is -0.113. The van der Waals surface area contributed by atoms with E-state index in [4.69, 9.17) is 21.3 Å². The molecule has 1 rings (SSSR count).